The van der Waals surface area contributed by atoms with Crippen LogP contribution in [0.25, 0.3) is 11.1 Å². The maximum absolute atomic E-state index is 5.81. The second-order valence-electron chi connectivity index (χ2n) is 4.92. The topological polar surface area (TPSA) is 35.2 Å². The molecule has 2 N–H and O–H groups in total. The highest BCUT2D eigenvalue weighted by Gasteiger charge is 2.00. The molecule has 3 aromatic carbocycles. The smallest absolute Gasteiger partial charge is 0.119 e. The second-order valence-corrected chi connectivity index (χ2v) is 4.92. The van der Waals surface area contributed by atoms with Gasteiger partial charge in [0.1, 0.15) is 12.4 Å². The third-order valence-corrected chi connectivity index (χ3v) is 3.32. The van der Waals surface area contributed by atoms with E-state index in [1.807, 2.05) is 48.5 Å². The molecule has 0 unspecified atom stereocenters. The van der Waals surface area contributed by atoms with E-state index in [0.29, 0.717) is 6.61 Å². The Labute approximate surface area is 124 Å². The summed E-state index contributed by atoms with van der Waals surface area (Å²) in [6.07, 6.45) is 0. The van der Waals surface area contributed by atoms with E-state index in [1.165, 1.54) is 0 Å². The third kappa shape index (κ3) is 3.42. The molecule has 0 radical (unpaired) electrons. The van der Waals surface area contributed by atoms with Crippen molar-refractivity contribution in [2.45, 2.75) is 6.61 Å². The summed E-state index contributed by atoms with van der Waals surface area (Å²) < 4.78 is 5.78. The van der Waals surface area contributed by atoms with Crippen molar-refractivity contribution < 1.29 is 4.74 Å². The number of benzene rings is 3. The van der Waals surface area contributed by atoms with Gasteiger partial charge in [-0.2, -0.15) is 0 Å². The molecule has 0 saturated heterocycles. The maximum Gasteiger partial charge on any atom is 0.119 e. The van der Waals surface area contributed by atoms with Crippen LogP contribution >= 0.6 is 0 Å². The van der Waals surface area contributed by atoms with Gasteiger partial charge in [-0.3, -0.25) is 0 Å². The van der Waals surface area contributed by atoms with Gasteiger partial charge >= 0.3 is 0 Å². The Morgan fingerprint density at radius 2 is 1.48 bits per heavy atom. The Morgan fingerprint density at radius 3 is 2.19 bits per heavy atom. The molecule has 21 heavy (non-hydrogen) atoms. The molecule has 0 amide bonds. The largest absolute Gasteiger partial charge is 0.489 e. The van der Waals surface area contributed by atoms with E-state index >= 15 is 0 Å². The molecular weight excluding hydrogens is 258 g/mol. The van der Waals surface area contributed by atoms with Crippen LogP contribution in [0, 0.1) is 0 Å². The first-order valence-corrected chi connectivity index (χ1v) is 6.94. The van der Waals surface area contributed by atoms with Gasteiger partial charge < -0.3 is 10.5 Å². The zero-order valence-corrected chi connectivity index (χ0v) is 11.7. The van der Waals surface area contributed by atoms with Gasteiger partial charge in [0.15, 0.2) is 0 Å². The van der Waals surface area contributed by atoms with Gasteiger partial charge in [0.2, 0.25) is 0 Å². The zero-order chi connectivity index (χ0) is 14.5. The Bertz CT molecular complexity index is 705. The molecule has 2 nitrogen and oxygen atoms in total. The quantitative estimate of drug-likeness (QED) is 0.711. The highest BCUT2D eigenvalue weighted by atomic mass is 16.5. The lowest BCUT2D eigenvalue weighted by molar-refractivity contribution is 0.306. The van der Waals surface area contributed by atoms with E-state index in [1.54, 1.807) is 0 Å². The first-order chi connectivity index (χ1) is 10.3. The van der Waals surface area contributed by atoms with Crippen molar-refractivity contribution in [3.05, 3.63) is 84.4 Å². The highest BCUT2D eigenvalue weighted by molar-refractivity contribution is 5.67. The minimum atomic E-state index is 0.582. The molecule has 0 aromatic heterocycles. The monoisotopic (exact) mass is 275 g/mol. The van der Waals surface area contributed by atoms with Crippen LogP contribution in [-0.2, 0) is 6.61 Å². The number of nitrogens with two attached hydrogens (primary N) is 1. The molecule has 3 rings (SSSR count). The average molecular weight is 275 g/mol. The number of ether oxygens (including phenoxy) is 1. The minimum absolute atomic E-state index is 0.582. The average Bonchev–Trinajstić information content (AvgIpc) is 2.54. The van der Waals surface area contributed by atoms with E-state index in [0.717, 1.165) is 28.1 Å². The Balaban J connectivity index is 1.69. The number of hydrogen-bond acceptors (Lipinski definition) is 2. The fraction of sp³-hybridized carbons (Fsp3) is 0.0526. The highest BCUT2D eigenvalue weighted by Crippen LogP contribution is 2.24. The van der Waals surface area contributed by atoms with Crippen LogP contribution in [-0.4, -0.2) is 0 Å². The van der Waals surface area contributed by atoms with E-state index in [2.05, 4.69) is 30.3 Å². The Morgan fingerprint density at radius 1 is 0.714 bits per heavy atom. The first-order valence-electron chi connectivity index (χ1n) is 6.94. The van der Waals surface area contributed by atoms with E-state index < -0.39 is 0 Å². The molecule has 0 aliphatic carbocycles. The summed E-state index contributed by atoms with van der Waals surface area (Å²) in [7, 11) is 0. The summed E-state index contributed by atoms with van der Waals surface area (Å²) in [6, 6.07) is 26.1. The first kappa shape index (κ1) is 13.3. The molecule has 104 valence electrons. The molecule has 0 bridgehead atoms. The summed E-state index contributed by atoms with van der Waals surface area (Å²) in [5.74, 6) is 0.867. The predicted molar refractivity (Wildman–Crippen MR) is 87.1 cm³/mol. The van der Waals surface area contributed by atoms with Crippen molar-refractivity contribution in [1.29, 1.82) is 0 Å². The van der Waals surface area contributed by atoms with Crippen LogP contribution in [0.2, 0.25) is 0 Å². The predicted octanol–water partition coefficient (Wildman–Crippen LogP) is 4.51. The van der Waals surface area contributed by atoms with Crippen LogP contribution in [0.3, 0.4) is 0 Å². The molecule has 0 spiro atoms. The van der Waals surface area contributed by atoms with Crippen molar-refractivity contribution in [2.75, 3.05) is 5.73 Å². The summed E-state index contributed by atoms with van der Waals surface area (Å²) in [5, 5.41) is 0. The van der Waals surface area contributed by atoms with Gasteiger partial charge in [-0.15, -0.1) is 0 Å². The Kier molecular flexibility index (Phi) is 3.88. The van der Waals surface area contributed by atoms with Crippen molar-refractivity contribution in [1.82, 2.24) is 0 Å². The second kappa shape index (κ2) is 6.14. The Hall–Kier alpha value is -2.74. The summed E-state index contributed by atoms with van der Waals surface area (Å²) in [6.45, 7) is 0.582. The van der Waals surface area contributed by atoms with Crippen LogP contribution in [0.4, 0.5) is 5.69 Å². The SMILES string of the molecule is Nc1cccc(-c2ccc(OCc3ccccc3)cc2)c1. The van der Waals surface area contributed by atoms with Gasteiger partial charge in [0.05, 0.1) is 0 Å². The lowest BCUT2D eigenvalue weighted by Gasteiger charge is -2.08. The fourth-order valence-electron chi connectivity index (χ4n) is 2.20. The number of hydrogen-bond donors (Lipinski definition) is 1. The van der Waals surface area contributed by atoms with Crippen molar-refractivity contribution in [3.63, 3.8) is 0 Å². The van der Waals surface area contributed by atoms with Crippen molar-refractivity contribution >= 4 is 5.69 Å². The normalized spacial score (nSPS) is 10.3. The van der Waals surface area contributed by atoms with E-state index in [9.17, 15) is 0 Å². The third-order valence-electron chi connectivity index (χ3n) is 3.32. The number of rotatable bonds is 4. The molecule has 0 aliphatic heterocycles. The lowest BCUT2D eigenvalue weighted by atomic mass is 10.1. The number of anilines is 1. The van der Waals surface area contributed by atoms with E-state index in [-0.39, 0.29) is 0 Å². The zero-order valence-electron chi connectivity index (χ0n) is 11.7. The molecule has 0 aliphatic rings. The summed E-state index contributed by atoms with van der Waals surface area (Å²) >= 11 is 0. The van der Waals surface area contributed by atoms with Crippen LogP contribution in [0.5, 0.6) is 5.75 Å². The van der Waals surface area contributed by atoms with Gasteiger partial charge in [0.25, 0.3) is 0 Å². The molecule has 0 atom stereocenters. The van der Waals surface area contributed by atoms with Crippen molar-refractivity contribution in [2.24, 2.45) is 0 Å². The van der Waals surface area contributed by atoms with Crippen molar-refractivity contribution in [3.8, 4) is 16.9 Å². The fourth-order valence-corrected chi connectivity index (χ4v) is 2.20. The molecule has 2 heteroatoms. The molecule has 0 fully saturated rings. The van der Waals surface area contributed by atoms with Gasteiger partial charge in [-0.25, -0.2) is 0 Å². The molecular formula is C19H17NO. The van der Waals surface area contributed by atoms with Crippen LogP contribution < -0.4 is 10.5 Å². The maximum atomic E-state index is 5.81. The van der Waals surface area contributed by atoms with Gasteiger partial charge in [-0.1, -0.05) is 54.6 Å². The summed E-state index contributed by atoms with van der Waals surface area (Å²) in [4.78, 5) is 0. The molecule has 0 heterocycles. The number of nitrogen functional groups attached to an aromatic ring is 1. The van der Waals surface area contributed by atoms with Crippen LogP contribution in [0.1, 0.15) is 5.56 Å². The molecule has 0 saturated carbocycles. The minimum Gasteiger partial charge on any atom is -0.489 e. The van der Waals surface area contributed by atoms with E-state index in [4.69, 9.17) is 10.5 Å². The van der Waals surface area contributed by atoms with Gasteiger partial charge in [-0.05, 0) is 41.0 Å². The van der Waals surface area contributed by atoms with Gasteiger partial charge in [0, 0.05) is 5.69 Å². The summed E-state index contributed by atoms with van der Waals surface area (Å²) in [5.41, 5.74) is 10.0. The molecule has 3 aromatic rings. The van der Waals surface area contributed by atoms with Crippen LogP contribution in [0.15, 0.2) is 78.9 Å². The lowest BCUT2D eigenvalue weighted by Crippen LogP contribution is -1.94. The standard InChI is InChI=1S/C19H17NO/c20-18-8-4-7-17(13-18)16-9-11-19(12-10-16)21-14-15-5-2-1-3-6-15/h1-13H,14,20H2.